The van der Waals surface area contributed by atoms with Crippen LogP contribution in [0.3, 0.4) is 0 Å². The summed E-state index contributed by atoms with van der Waals surface area (Å²) < 4.78 is 2.81. The van der Waals surface area contributed by atoms with E-state index in [1.165, 1.54) is 53.2 Å². The number of hydrogen-bond donors (Lipinski definition) is 0. The molecule has 0 amide bonds. The van der Waals surface area contributed by atoms with Crippen molar-refractivity contribution < 1.29 is 0 Å². The van der Waals surface area contributed by atoms with E-state index < -0.39 is 0 Å². The van der Waals surface area contributed by atoms with Gasteiger partial charge in [-0.15, -0.1) is 11.3 Å². The Bertz CT molecular complexity index is 1270. The van der Waals surface area contributed by atoms with Crippen LogP contribution in [0.25, 0.3) is 42.1 Å². The Morgan fingerprint density at radius 2 is 1.46 bits per heavy atom. The fourth-order valence-electron chi connectivity index (χ4n) is 4.19. The minimum absolute atomic E-state index is 1.06. The van der Waals surface area contributed by atoms with Gasteiger partial charge >= 0.3 is 0 Å². The van der Waals surface area contributed by atoms with Crippen molar-refractivity contribution in [3.05, 3.63) is 83.9 Å². The topological polar surface area (TPSA) is 0 Å². The molecule has 0 bridgehead atoms. The van der Waals surface area contributed by atoms with Gasteiger partial charge in [-0.2, -0.15) is 0 Å². The Balaban J connectivity index is 1.77. The second kappa shape index (κ2) is 4.46. The predicted octanol–water partition coefficient (Wildman–Crippen LogP) is 6.78. The average Bonchev–Trinajstić information content (AvgIpc) is 3.17. The molecule has 0 nitrogen and oxygen atoms in total. The van der Waals surface area contributed by atoms with Crippen LogP contribution in [-0.4, -0.2) is 0 Å². The summed E-state index contributed by atoms with van der Waals surface area (Å²) in [6.07, 6.45) is 1.06. The molecule has 0 fully saturated rings. The van der Waals surface area contributed by atoms with Gasteiger partial charge in [-0.3, -0.25) is 0 Å². The molecule has 0 unspecified atom stereocenters. The van der Waals surface area contributed by atoms with Crippen molar-refractivity contribution in [2.45, 2.75) is 6.42 Å². The largest absolute Gasteiger partial charge is 0.135 e. The number of thiophene rings is 1. The number of fused-ring (bicyclic) bond motifs is 8. The summed E-state index contributed by atoms with van der Waals surface area (Å²) in [5, 5.41) is 5.54. The Labute approximate surface area is 144 Å². The Hall–Kier alpha value is -2.64. The van der Waals surface area contributed by atoms with E-state index in [9.17, 15) is 0 Å². The van der Waals surface area contributed by atoms with E-state index in [1.54, 1.807) is 0 Å². The van der Waals surface area contributed by atoms with Gasteiger partial charge in [0.15, 0.2) is 0 Å². The smallest absolute Gasteiger partial charge is 0.0361 e. The molecule has 0 N–H and O–H groups in total. The van der Waals surface area contributed by atoms with Crippen molar-refractivity contribution >= 4 is 42.3 Å². The highest BCUT2D eigenvalue weighted by atomic mass is 32.1. The van der Waals surface area contributed by atoms with E-state index >= 15 is 0 Å². The highest BCUT2D eigenvalue weighted by molar-refractivity contribution is 7.26. The summed E-state index contributed by atoms with van der Waals surface area (Å²) in [5.41, 5.74) is 5.80. The molecule has 0 spiro atoms. The Morgan fingerprint density at radius 1 is 0.667 bits per heavy atom. The summed E-state index contributed by atoms with van der Waals surface area (Å²) in [5.74, 6) is 0. The second-order valence-electron chi connectivity index (χ2n) is 6.60. The van der Waals surface area contributed by atoms with Crippen LogP contribution < -0.4 is 0 Å². The molecule has 4 aromatic carbocycles. The molecular weight excluding hydrogens is 308 g/mol. The summed E-state index contributed by atoms with van der Waals surface area (Å²) in [4.78, 5) is 0. The van der Waals surface area contributed by atoms with Gasteiger partial charge in [0.05, 0.1) is 0 Å². The van der Waals surface area contributed by atoms with E-state index in [0.717, 1.165) is 6.42 Å². The molecule has 0 aliphatic heterocycles. The van der Waals surface area contributed by atoms with E-state index in [4.69, 9.17) is 0 Å². The fraction of sp³-hybridized carbons (Fsp3) is 0.0435. The standard InChI is InChI=1S/C23H14S/c1-2-6-15-13-22-20(11-14(15)5-1)23-19-12-16-7-3-4-8-17(16)18(19)9-10-21(23)24-22/h1-11,13H,12H2. The monoisotopic (exact) mass is 322 g/mol. The lowest BCUT2D eigenvalue weighted by Gasteiger charge is -2.03. The second-order valence-corrected chi connectivity index (χ2v) is 7.68. The van der Waals surface area contributed by atoms with Gasteiger partial charge < -0.3 is 0 Å². The Kier molecular flexibility index (Phi) is 2.37. The van der Waals surface area contributed by atoms with E-state index in [0.29, 0.717) is 0 Å². The minimum atomic E-state index is 1.06. The first kappa shape index (κ1) is 12.7. The van der Waals surface area contributed by atoms with Crippen LogP contribution in [0.2, 0.25) is 0 Å². The van der Waals surface area contributed by atoms with E-state index in [1.807, 2.05) is 11.3 Å². The molecule has 1 heteroatoms. The molecule has 0 saturated carbocycles. The first-order chi connectivity index (χ1) is 11.9. The summed E-state index contributed by atoms with van der Waals surface area (Å²) in [7, 11) is 0. The third-order valence-corrected chi connectivity index (χ3v) is 6.40. The van der Waals surface area contributed by atoms with Crippen LogP contribution in [0.5, 0.6) is 0 Å². The molecule has 0 saturated heterocycles. The maximum atomic E-state index is 2.38. The van der Waals surface area contributed by atoms with Crippen molar-refractivity contribution in [2.75, 3.05) is 0 Å². The van der Waals surface area contributed by atoms with Crippen LogP contribution in [0, 0.1) is 0 Å². The number of rotatable bonds is 0. The lowest BCUT2D eigenvalue weighted by molar-refractivity contribution is 1.29. The van der Waals surface area contributed by atoms with Gasteiger partial charge in [0.25, 0.3) is 0 Å². The number of benzene rings is 4. The van der Waals surface area contributed by atoms with Crippen LogP contribution in [0.1, 0.15) is 11.1 Å². The van der Waals surface area contributed by atoms with Gasteiger partial charge in [0.1, 0.15) is 0 Å². The predicted molar refractivity (Wildman–Crippen MR) is 105 cm³/mol. The summed E-state index contributed by atoms with van der Waals surface area (Å²) in [6.45, 7) is 0. The van der Waals surface area contributed by atoms with Crippen LogP contribution in [0.4, 0.5) is 0 Å². The van der Waals surface area contributed by atoms with Crippen molar-refractivity contribution in [2.24, 2.45) is 0 Å². The molecule has 5 aromatic rings. The van der Waals surface area contributed by atoms with Gasteiger partial charge in [0, 0.05) is 20.2 Å². The Morgan fingerprint density at radius 3 is 2.38 bits per heavy atom. The lowest BCUT2D eigenvalue weighted by Crippen LogP contribution is -1.82. The molecule has 0 radical (unpaired) electrons. The van der Waals surface area contributed by atoms with Crippen LogP contribution >= 0.6 is 11.3 Å². The van der Waals surface area contributed by atoms with E-state index in [-0.39, 0.29) is 0 Å². The molecule has 1 heterocycles. The summed E-state index contributed by atoms with van der Waals surface area (Å²) in [6, 6.07) is 26.9. The highest BCUT2D eigenvalue weighted by Crippen LogP contribution is 2.45. The highest BCUT2D eigenvalue weighted by Gasteiger charge is 2.22. The lowest BCUT2D eigenvalue weighted by atomic mass is 9.99. The minimum Gasteiger partial charge on any atom is -0.135 e. The third-order valence-electron chi connectivity index (χ3n) is 5.29. The molecule has 24 heavy (non-hydrogen) atoms. The molecule has 1 aliphatic rings. The average molecular weight is 322 g/mol. The van der Waals surface area contributed by atoms with Crippen LogP contribution in [-0.2, 0) is 6.42 Å². The van der Waals surface area contributed by atoms with Gasteiger partial charge in [-0.25, -0.2) is 0 Å². The first-order valence-corrected chi connectivity index (χ1v) is 9.15. The fourth-order valence-corrected chi connectivity index (χ4v) is 5.35. The van der Waals surface area contributed by atoms with Crippen molar-refractivity contribution in [3.8, 4) is 11.1 Å². The molecule has 6 rings (SSSR count). The molecule has 1 aromatic heterocycles. The zero-order chi connectivity index (χ0) is 15.7. The van der Waals surface area contributed by atoms with Crippen molar-refractivity contribution in [1.29, 1.82) is 0 Å². The van der Waals surface area contributed by atoms with Crippen LogP contribution in [0.15, 0.2) is 72.8 Å². The van der Waals surface area contributed by atoms with Gasteiger partial charge in [0.2, 0.25) is 0 Å². The number of hydrogen-bond acceptors (Lipinski definition) is 1. The maximum Gasteiger partial charge on any atom is 0.0361 e. The van der Waals surface area contributed by atoms with E-state index in [2.05, 4.69) is 72.8 Å². The third kappa shape index (κ3) is 1.58. The molecule has 1 aliphatic carbocycles. The molecule has 0 atom stereocenters. The van der Waals surface area contributed by atoms with Gasteiger partial charge in [-0.05, 0) is 57.6 Å². The zero-order valence-corrected chi connectivity index (χ0v) is 13.9. The quantitative estimate of drug-likeness (QED) is 0.289. The molecule has 112 valence electrons. The van der Waals surface area contributed by atoms with Crippen molar-refractivity contribution in [3.63, 3.8) is 0 Å². The normalized spacial score (nSPS) is 12.8. The van der Waals surface area contributed by atoms with Gasteiger partial charge in [-0.1, -0.05) is 54.6 Å². The summed E-state index contributed by atoms with van der Waals surface area (Å²) >= 11 is 1.92. The maximum absolute atomic E-state index is 2.38. The first-order valence-electron chi connectivity index (χ1n) is 8.34. The molecular formula is C23H14S. The van der Waals surface area contributed by atoms with Crippen molar-refractivity contribution in [1.82, 2.24) is 0 Å². The zero-order valence-electron chi connectivity index (χ0n) is 13.0. The SMILES string of the molecule is c1ccc2c(c1)Cc1c-2ccc2sc3cc4ccccc4cc3c12.